The maximum absolute atomic E-state index is 14.5. The highest BCUT2D eigenvalue weighted by Gasteiger charge is 2.57. The number of rotatable bonds is 13. The monoisotopic (exact) mass is 771 g/mol. The van der Waals surface area contributed by atoms with Crippen LogP contribution >= 0.6 is 0 Å². The molecule has 2 heterocycles. The summed E-state index contributed by atoms with van der Waals surface area (Å²) in [5.41, 5.74) is 4.54. The number of ether oxygens (including phenoxy) is 1. The summed E-state index contributed by atoms with van der Waals surface area (Å²) in [7, 11) is 1.60. The summed E-state index contributed by atoms with van der Waals surface area (Å²) in [6.45, 7) is 8.48. The van der Waals surface area contributed by atoms with Gasteiger partial charge in [0.05, 0.1) is 25.1 Å². The summed E-state index contributed by atoms with van der Waals surface area (Å²) in [6.07, 6.45) is -1.14. The number of carboxylic acids is 1. The number of piperidine rings is 1. The van der Waals surface area contributed by atoms with Gasteiger partial charge in [-0.15, -0.1) is 0 Å². The van der Waals surface area contributed by atoms with Crippen LogP contribution in [0.1, 0.15) is 109 Å². The molecule has 2 fully saturated rings. The zero-order valence-electron chi connectivity index (χ0n) is 32.0. The Morgan fingerprint density at radius 3 is 2.25 bits per heavy atom. The Bertz CT molecular complexity index is 1980. The van der Waals surface area contributed by atoms with Gasteiger partial charge in [-0.25, -0.2) is 8.78 Å². The molecule has 1 aromatic heterocycles. The molecule has 2 aromatic carbocycles. The lowest BCUT2D eigenvalue weighted by Gasteiger charge is -2.34. The van der Waals surface area contributed by atoms with E-state index in [9.17, 15) is 41.4 Å². The molecule has 55 heavy (non-hydrogen) atoms. The molecule has 13 heteroatoms. The highest BCUT2D eigenvalue weighted by Crippen LogP contribution is 2.49. The third-order valence-electron chi connectivity index (χ3n) is 11.6. The van der Waals surface area contributed by atoms with Gasteiger partial charge < -0.3 is 24.6 Å². The first-order valence-electron chi connectivity index (χ1n) is 19.1. The molecule has 1 unspecified atom stereocenters. The molecule has 2 aliphatic carbocycles. The van der Waals surface area contributed by atoms with Gasteiger partial charge in [0.2, 0.25) is 5.91 Å². The van der Waals surface area contributed by atoms with Crippen LogP contribution in [0.3, 0.4) is 0 Å². The van der Waals surface area contributed by atoms with Crippen molar-refractivity contribution in [2.45, 2.75) is 109 Å². The predicted octanol–water partition coefficient (Wildman–Crippen LogP) is 8.40. The number of carbonyl (C=O) groups excluding carboxylic acids is 1. The molecule has 3 atom stereocenters. The van der Waals surface area contributed by atoms with E-state index in [1.807, 2.05) is 56.9 Å². The molecule has 1 amide bonds. The third kappa shape index (κ3) is 8.92. The van der Waals surface area contributed by atoms with Crippen LogP contribution in [0.2, 0.25) is 0 Å². The fourth-order valence-electron chi connectivity index (χ4n) is 8.69. The van der Waals surface area contributed by atoms with Crippen molar-refractivity contribution in [1.29, 1.82) is 0 Å². The molecule has 8 nitrogen and oxygen atoms in total. The number of amides is 1. The number of nitrogens with zero attached hydrogens (tertiary/aromatic N) is 2. The van der Waals surface area contributed by atoms with E-state index in [0.717, 1.165) is 57.8 Å². The molecule has 3 aliphatic rings. The first kappa shape index (κ1) is 40.4. The minimum Gasteiger partial charge on any atom is -0.497 e. The first-order chi connectivity index (χ1) is 25.9. The number of aromatic nitrogens is 1. The molecule has 1 saturated carbocycles. The van der Waals surface area contributed by atoms with E-state index in [2.05, 4.69) is 5.32 Å². The standard InChI is InChI=1S/C42H50F5N3O5/c1-23(2)13-36(50-22-33(34(18-37(50)51)42(45,46)47)26-9-11-49(12-10-26)21-29-20-41(29,43)44)40(54)48-35(19-38(52)53)28-16-27-7-6-8-31(27)32(17-28)39-24(3)14-30(55-5)15-25(39)4/h14-18,22-23,26,29,35-36H,6-13,19-21H2,1-5H3,(H,48,54)(H,52,53)/t29?,35-,36-/m0/s1. The number of benzene rings is 2. The van der Waals surface area contributed by atoms with Gasteiger partial charge in [0, 0.05) is 31.1 Å². The summed E-state index contributed by atoms with van der Waals surface area (Å²) in [4.78, 5) is 42.1. The molecular formula is C42H50F5N3O5. The van der Waals surface area contributed by atoms with Gasteiger partial charge >= 0.3 is 12.1 Å². The maximum Gasteiger partial charge on any atom is 0.416 e. The third-order valence-corrected chi connectivity index (χ3v) is 11.6. The zero-order valence-corrected chi connectivity index (χ0v) is 32.0. The van der Waals surface area contributed by atoms with Crippen LogP contribution in [-0.2, 0) is 28.6 Å². The average molecular weight is 772 g/mol. The van der Waals surface area contributed by atoms with Gasteiger partial charge in [0.1, 0.15) is 11.8 Å². The van der Waals surface area contributed by atoms with E-state index >= 15 is 0 Å². The Labute approximate surface area is 318 Å². The van der Waals surface area contributed by atoms with Crippen LogP contribution in [0, 0.1) is 25.7 Å². The van der Waals surface area contributed by atoms with Gasteiger partial charge in [-0.3, -0.25) is 14.4 Å². The average Bonchev–Trinajstić information content (AvgIpc) is 3.44. The highest BCUT2D eigenvalue weighted by molar-refractivity contribution is 5.82. The number of aryl methyl sites for hydroxylation is 3. The van der Waals surface area contributed by atoms with Crippen molar-refractivity contribution in [2.75, 3.05) is 26.7 Å². The van der Waals surface area contributed by atoms with Gasteiger partial charge in [-0.05, 0) is 140 Å². The molecule has 0 radical (unpaired) electrons. The molecule has 1 saturated heterocycles. The van der Waals surface area contributed by atoms with Crippen molar-refractivity contribution in [3.8, 4) is 16.9 Å². The van der Waals surface area contributed by atoms with Crippen molar-refractivity contribution in [3.05, 3.63) is 85.8 Å². The van der Waals surface area contributed by atoms with E-state index in [-0.39, 0.29) is 43.7 Å². The normalized spacial score (nSPS) is 19.6. The van der Waals surface area contributed by atoms with Gasteiger partial charge in [0.15, 0.2) is 0 Å². The van der Waals surface area contributed by atoms with Crippen molar-refractivity contribution in [1.82, 2.24) is 14.8 Å². The Hall–Kier alpha value is -4.26. The Balaban J connectivity index is 1.35. The zero-order chi connectivity index (χ0) is 40.0. The van der Waals surface area contributed by atoms with E-state index in [1.54, 1.807) is 7.11 Å². The minimum atomic E-state index is -4.84. The molecule has 0 bridgehead atoms. The number of hydrogen-bond acceptors (Lipinski definition) is 5. The first-order valence-corrected chi connectivity index (χ1v) is 19.1. The van der Waals surface area contributed by atoms with Gasteiger partial charge in [-0.2, -0.15) is 13.2 Å². The number of carboxylic acid groups (broad SMARTS) is 1. The van der Waals surface area contributed by atoms with E-state index in [1.165, 1.54) is 5.56 Å². The van der Waals surface area contributed by atoms with Crippen molar-refractivity contribution < 1.29 is 41.4 Å². The summed E-state index contributed by atoms with van der Waals surface area (Å²) in [6, 6.07) is 6.06. The number of halogens is 5. The topological polar surface area (TPSA) is 101 Å². The quantitative estimate of drug-likeness (QED) is 0.170. The van der Waals surface area contributed by atoms with Crippen molar-refractivity contribution in [2.24, 2.45) is 11.8 Å². The number of carbonyl (C=O) groups is 2. The fourth-order valence-corrected chi connectivity index (χ4v) is 8.69. The Morgan fingerprint density at radius 2 is 1.69 bits per heavy atom. The Kier molecular flexibility index (Phi) is 11.5. The lowest BCUT2D eigenvalue weighted by atomic mass is 9.86. The summed E-state index contributed by atoms with van der Waals surface area (Å²) in [5.74, 6) is -5.33. The van der Waals surface area contributed by atoms with Gasteiger partial charge in [0.25, 0.3) is 11.5 Å². The summed E-state index contributed by atoms with van der Waals surface area (Å²) >= 11 is 0. The summed E-state index contributed by atoms with van der Waals surface area (Å²) in [5, 5.41) is 12.9. The van der Waals surface area contributed by atoms with Crippen LogP contribution in [-0.4, -0.2) is 59.1 Å². The number of alkyl halides is 5. The fraction of sp³-hybridized carbons (Fsp3) is 0.548. The molecule has 2 N–H and O–H groups in total. The number of pyridine rings is 1. The second-order valence-corrected chi connectivity index (χ2v) is 16.1. The second kappa shape index (κ2) is 15.7. The number of hydrogen-bond donors (Lipinski definition) is 2. The lowest BCUT2D eigenvalue weighted by molar-refractivity contribution is -0.139. The number of nitrogens with one attached hydrogen (secondary N) is 1. The Morgan fingerprint density at radius 1 is 1.04 bits per heavy atom. The predicted molar refractivity (Wildman–Crippen MR) is 199 cm³/mol. The number of likely N-dealkylation sites (tertiary alicyclic amines) is 1. The van der Waals surface area contributed by atoms with Crippen molar-refractivity contribution in [3.63, 3.8) is 0 Å². The van der Waals surface area contributed by atoms with Gasteiger partial charge in [-0.1, -0.05) is 19.9 Å². The molecule has 298 valence electrons. The molecule has 1 aliphatic heterocycles. The smallest absolute Gasteiger partial charge is 0.416 e. The van der Waals surface area contributed by atoms with E-state index in [0.29, 0.717) is 30.5 Å². The highest BCUT2D eigenvalue weighted by atomic mass is 19.4. The molecule has 3 aromatic rings. The lowest BCUT2D eigenvalue weighted by Crippen LogP contribution is -2.41. The van der Waals surface area contributed by atoms with Crippen LogP contribution in [0.4, 0.5) is 22.0 Å². The largest absolute Gasteiger partial charge is 0.497 e. The van der Waals surface area contributed by atoms with Crippen LogP contribution in [0.15, 0.2) is 41.3 Å². The van der Waals surface area contributed by atoms with E-state index < -0.39 is 65.4 Å². The van der Waals surface area contributed by atoms with Crippen LogP contribution < -0.4 is 15.6 Å². The van der Waals surface area contributed by atoms with Crippen LogP contribution in [0.25, 0.3) is 11.1 Å². The number of aliphatic carboxylic acids is 1. The SMILES string of the molecule is COc1cc(C)c(-c2cc([C@H](CC(=O)O)NC(=O)[C@H](CC(C)C)n3cc(C4CCN(CC5CC5(F)F)CC4)c(C(F)(F)F)cc3=O)cc3c2CCC3)c(C)c1. The molecule has 0 spiro atoms. The summed E-state index contributed by atoms with van der Waals surface area (Å²) < 4.78 is 77.1. The van der Waals surface area contributed by atoms with Crippen molar-refractivity contribution >= 4 is 11.9 Å². The number of methoxy groups -OCH3 is 1. The maximum atomic E-state index is 14.5. The number of fused-ring (bicyclic) bond motifs is 1. The van der Waals surface area contributed by atoms with Crippen LogP contribution in [0.5, 0.6) is 5.75 Å². The minimum absolute atomic E-state index is 0.101. The molecular weight excluding hydrogens is 721 g/mol. The molecule has 6 rings (SSSR count). The second-order valence-electron chi connectivity index (χ2n) is 16.1. The van der Waals surface area contributed by atoms with E-state index in [4.69, 9.17) is 4.74 Å².